The lowest BCUT2D eigenvalue weighted by Crippen LogP contribution is -2.35. The summed E-state index contributed by atoms with van der Waals surface area (Å²) in [6.07, 6.45) is 1.73. The zero-order chi connectivity index (χ0) is 24.0. The highest BCUT2D eigenvalue weighted by Gasteiger charge is 2.36. The number of aliphatic imine (C=N–C) groups is 1. The molecule has 7 nitrogen and oxygen atoms in total. The van der Waals surface area contributed by atoms with Gasteiger partial charge in [-0.2, -0.15) is 15.1 Å². The molecule has 0 atom stereocenters. The Morgan fingerprint density at radius 3 is 2.62 bits per heavy atom. The Labute approximate surface area is 202 Å². The average Bonchev–Trinajstić information content (AvgIpc) is 3.37. The van der Waals surface area contributed by atoms with Crippen LogP contribution in [0.15, 0.2) is 70.3 Å². The van der Waals surface area contributed by atoms with Crippen molar-refractivity contribution in [2.45, 2.75) is 20.8 Å². The van der Waals surface area contributed by atoms with Crippen molar-refractivity contribution in [3.05, 3.63) is 88.2 Å². The smallest absolute Gasteiger partial charge is 0.283 e. The Bertz CT molecular complexity index is 1450. The lowest BCUT2D eigenvalue weighted by Gasteiger charge is -2.20. The van der Waals surface area contributed by atoms with Gasteiger partial charge in [0.15, 0.2) is 5.84 Å². The van der Waals surface area contributed by atoms with Crippen molar-refractivity contribution in [1.82, 2.24) is 9.58 Å². The van der Waals surface area contributed by atoms with E-state index in [4.69, 9.17) is 10.1 Å². The van der Waals surface area contributed by atoms with Gasteiger partial charge in [0.2, 0.25) is 5.17 Å². The van der Waals surface area contributed by atoms with Crippen molar-refractivity contribution in [2.75, 3.05) is 7.11 Å². The molecule has 0 saturated carbocycles. The van der Waals surface area contributed by atoms with E-state index in [1.807, 2.05) is 75.4 Å². The summed E-state index contributed by atoms with van der Waals surface area (Å²) in [5.74, 6) is 0.360. The first kappa shape index (κ1) is 21.9. The third-order valence-electron chi connectivity index (χ3n) is 5.91. The largest absolute Gasteiger partial charge is 0.497 e. The van der Waals surface area contributed by atoms with Crippen LogP contribution in [-0.2, 0) is 4.79 Å². The number of hydrogen-bond donors (Lipinski definition) is 1. The molecular formula is C26H23N5O2S. The zero-order valence-electron chi connectivity index (χ0n) is 19.3. The molecule has 0 unspecified atom stereocenters. The number of methoxy groups -OCH3 is 1. The number of thioether (sulfide) groups is 1. The zero-order valence-corrected chi connectivity index (χ0v) is 20.1. The number of amides is 1. The van der Waals surface area contributed by atoms with Gasteiger partial charge >= 0.3 is 0 Å². The number of fused-ring (bicyclic) bond motifs is 1. The molecule has 0 aliphatic carbocycles. The summed E-state index contributed by atoms with van der Waals surface area (Å²) in [5, 5.41) is 15.9. The molecule has 5 rings (SSSR count). The van der Waals surface area contributed by atoms with E-state index < -0.39 is 5.91 Å². The number of aromatic nitrogens is 1. The molecule has 2 aliphatic heterocycles. The minimum atomic E-state index is -0.434. The molecule has 170 valence electrons. The molecule has 34 heavy (non-hydrogen) atoms. The second-order valence-electron chi connectivity index (χ2n) is 8.10. The molecule has 1 amide bonds. The van der Waals surface area contributed by atoms with Crippen LogP contribution in [0.25, 0.3) is 11.8 Å². The molecule has 0 saturated heterocycles. The van der Waals surface area contributed by atoms with Gasteiger partial charge in [0.25, 0.3) is 5.91 Å². The van der Waals surface area contributed by atoms with Gasteiger partial charge in [-0.05, 0) is 67.9 Å². The normalized spacial score (nSPS) is 16.6. The molecule has 0 bridgehead atoms. The van der Waals surface area contributed by atoms with Gasteiger partial charge in [-0.3, -0.25) is 10.2 Å². The highest BCUT2D eigenvalue weighted by Crippen LogP contribution is 2.32. The highest BCUT2D eigenvalue weighted by atomic mass is 32.2. The third kappa shape index (κ3) is 3.66. The standard InChI is InChI=1S/C26H23N5O2S/c1-15-8-5-6-11-21(15)25-29-31-23(27)22(24(32)28-26(31)34-25)13-18-12-16(2)30(17(18)3)19-9-7-10-20(14-19)33-4/h5-14,27H,1-4H3. The van der Waals surface area contributed by atoms with Crippen LogP contribution in [-0.4, -0.2) is 38.6 Å². The van der Waals surface area contributed by atoms with Crippen LogP contribution in [0.5, 0.6) is 5.75 Å². The molecule has 8 heteroatoms. The average molecular weight is 470 g/mol. The molecule has 0 radical (unpaired) electrons. The molecular weight excluding hydrogens is 446 g/mol. The van der Waals surface area contributed by atoms with Gasteiger partial charge in [0, 0.05) is 28.7 Å². The maximum absolute atomic E-state index is 12.9. The van der Waals surface area contributed by atoms with E-state index in [-0.39, 0.29) is 11.4 Å². The summed E-state index contributed by atoms with van der Waals surface area (Å²) in [6.45, 7) is 6.01. The van der Waals surface area contributed by atoms with Crippen LogP contribution in [0.3, 0.4) is 0 Å². The monoisotopic (exact) mass is 469 g/mol. The predicted molar refractivity (Wildman–Crippen MR) is 137 cm³/mol. The second kappa shape index (κ2) is 8.46. The van der Waals surface area contributed by atoms with Gasteiger partial charge in [0.05, 0.1) is 12.7 Å². The lowest BCUT2D eigenvalue weighted by atomic mass is 10.1. The minimum Gasteiger partial charge on any atom is -0.497 e. The number of carbonyl (C=O) groups is 1. The Kier molecular flexibility index (Phi) is 5.45. The molecule has 3 heterocycles. The lowest BCUT2D eigenvalue weighted by molar-refractivity contribution is -0.114. The van der Waals surface area contributed by atoms with E-state index in [1.165, 1.54) is 16.8 Å². The number of ether oxygens (including phenoxy) is 1. The first-order valence-corrected chi connectivity index (χ1v) is 11.6. The fraction of sp³-hybridized carbons (Fsp3) is 0.154. The molecule has 2 aliphatic rings. The van der Waals surface area contributed by atoms with Gasteiger partial charge in [0.1, 0.15) is 10.8 Å². The van der Waals surface area contributed by atoms with E-state index in [0.717, 1.165) is 44.6 Å². The Morgan fingerprint density at radius 2 is 1.85 bits per heavy atom. The number of rotatable bonds is 4. The minimum absolute atomic E-state index is 0.0252. The Balaban J connectivity index is 1.52. The second-order valence-corrected chi connectivity index (χ2v) is 9.06. The van der Waals surface area contributed by atoms with E-state index in [9.17, 15) is 4.79 Å². The summed E-state index contributed by atoms with van der Waals surface area (Å²) in [6, 6.07) is 17.7. The molecule has 1 N–H and O–H groups in total. The van der Waals surface area contributed by atoms with Crippen LogP contribution in [0.2, 0.25) is 0 Å². The fourth-order valence-electron chi connectivity index (χ4n) is 4.15. The van der Waals surface area contributed by atoms with Crippen molar-refractivity contribution >= 4 is 39.8 Å². The summed E-state index contributed by atoms with van der Waals surface area (Å²) in [7, 11) is 1.64. The van der Waals surface area contributed by atoms with Gasteiger partial charge < -0.3 is 9.30 Å². The molecule has 3 aromatic rings. The van der Waals surface area contributed by atoms with Gasteiger partial charge in [-0.1, -0.05) is 30.3 Å². The number of amidine groups is 2. The SMILES string of the molecule is COc1cccc(-n2c(C)cc(C=C3C(=N)N4N=C(c5ccccc5C)SC4=NC3=O)c2C)c1. The molecule has 1 aromatic heterocycles. The van der Waals surface area contributed by atoms with Crippen molar-refractivity contribution < 1.29 is 9.53 Å². The maximum Gasteiger partial charge on any atom is 0.283 e. The quantitative estimate of drug-likeness (QED) is 0.540. The number of benzene rings is 2. The van der Waals surface area contributed by atoms with E-state index in [2.05, 4.69) is 14.7 Å². The van der Waals surface area contributed by atoms with Gasteiger partial charge in [-0.25, -0.2) is 0 Å². The summed E-state index contributed by atoms with van der Waals surface area (Å²) in [5.41, 5.74) is 6.03. The molecule has 2 aromatic carbocycles. The molecule has 0 fully saturated rings. The van der Waals surface area contributed by atoms with Crippen molar-refractivity contribution in [2.24, 2.45) is 10.1 Å². The first-order chi connectivity index (χ1) is 16.4. The summed E-state index contributed by atoms with van der Waals surface area (Å²) < 4.78 is 7.47. The van der Waals surface area contributed by atoms with E-state index >= 15 is 0 Å². The molecule has 0 spiro atoms. The number of nitrogens with zero attached hydrogens (tertiary/aromatic N) is 4. The summed E-state index contributed by atoms with van der Waals surface area (Å²) in [4.78, 5) is 17.1. The Morgan fingerprint density at radius 1 is 1.06 bits per heavy atom. The van der Waals surface area contributed by atoms with E-state index in [1.54, 1.807) is 13.2 Å². The van der Waals surface area contributed by atoms with Crippen molar-refractivity contribution in [3.63, 3.8) is 0 Å². The highest BCUT2D eigenvalue weighted by molar-refractivity contribution is 8.27. The number of nitrogens with one attached hydrogen (secondary N) is 1. The van der Waals surface area contributed by atoms with Crippen LogP contribution >= 0.6 is 11.8 Å². The predicted octanol–water partition coefficient (Wildman–Crippen LogP) is 5.08. The number of aryl methyl sites for hydroxylation is 2. The van der Waals surface area contributed by atoms with E-state index in [0.29, 0.717) is 5.17 Å². The number of carbonyl (C=O) groups excluding carboxylic acids is 1. The maximum atomic E-state index is 12.9. The van der Waals surface area contributed by atoms with Gasteiger partial charge in [-0.15, -0.1) is 0 Å². The number of hydrazone groups is 1. The first-order valence-electron chi connectivity index (χ1n) is 10.8. The summed E-state index contributed by atoms with van der Waals surface area (Å²) >= 11 is 1.31. The van der Waals surface area contributed by atoms with Crippen LogP contribution in [0, 0.1) is 26.2 Å². The third-order valence-corrected chi connectivity index (χ3v) is 6.85. The van der Waals surface area contributed by atoms with Crippen molar-refractivity contribution in [1.29, 1.82) is 5.41 Å². The Hall–Kier alpha value is -3.91. The fourth-order valence-corrected chi connectivity index (χ4v) is 5.13. The van der Waals surface area contributed by atoms with Crippen molar-refractivity contribution in [3.8, 4) is 11.4 Å². The van der Waals surface area contributed by atoms with Crippen LogP contribution < -0.4 is 4.74 Å². The topological polar surface area (TPSA) is 83.0 Å². The van der Waals surface area contributed by atoms with Crippen LogP contribution in [0.4, 0.5) is 0 Å². The van der Waals surface area contributed by atoms with Crippen LogP contribution in [0.1, 0.15) is 28.1 Å². The number of hydrogen-bond acceptors (Lipinski definition) is 5.